The summed E-state index contributed by atoms with van der Waals surface area (Å²) in [4.78, 5) is 0. The maximum absolute atomic E-state index is 5.79. The number of ether oxygens (including phenoxy) is 1. The predicted molar refractivity (Wildman–Crippen MR) is 51.0 cm³/mol. The molecular formula is C10H21NO. The van der Waals surface area contributed by atoms with Crippen LogP contribution in [0.3, 0.4) is 0 Å². The Bertz CT molecular complexity index is 127. The van der Waals surface area contributed by atoms with Gasteiger partial charge in [-0.3, -0.25) is 0 Å². The van der Waals surface area contributed by atoms with E-state index in [-0.39, 0.29) is 6.10 Å². The van der Waals surface area contributed by atoms with Crippen molar-refractivity contribution >= 4 is 0 Å². The third kappa shape index (κ3) is 3.11. The minimum Gasteiger partial charge on any atom is -0.374 e. The lowest BCUT2D eigenvalue weighted by atomic mass is 9.88. The summed E-state index contributed by atoms with van der Waals surface area (Å²) in [6.45, 7) is 5.01. The quantitative estimate of drug-likeness (QED) is 0.704. The molecule has 1 fully saturated rings. The van der Waals surface area contributed by atoms with Crippen molar-refractivity contribution in [3.8, 4) is 0 Å². The summed E-state index contributed by atoms with van der Waals surface area (Å²) in [5, 5.41) is 0. The van der Waals surface area contributed by atoms with Crippen LogP contribution in [0.2, 0.25) is 0 Å². The van der Waals surface area contributed by atoms with Crippen LogP contribution in [-0.2, 0) is 4.74 Å². The van der Waals surface area contributed by atoms with Crippen molar-refractivity contribution in [3.05, 3.63) is 0 Å². The van der Waals surface area contributed by atoms with E-state index in [4.69, 9.17) is 10.5 Å². The van der Waals surface area contributed by atoms with Gasteiger partial charge >= 0.3 is 0 Å². The molecule has 2 nitrogen and oxygen atoms in total. The van der Waals surface area contributed by atoms with Crippen LogP contribution in [0.1, 0.15) is 39.5 Å². The molecular weight excluding hydrogens is 150 g/mol. The van der Waals surface area contributed by atoms with Gasteiger partial charge in [0.15, 0.2) is 0 Å². The Kier molecular flexibility index (Phi) is 4.02. The summed E-state index contributed by atoms with van der Waals surface area (Å²) in [5.41, 5.74) is 5.50. The fourth-order valence-electron chi connectivity index (χ4n) is 1.89. The van der Waals surface area contributed by atoms with Crippen LogP contribution in [0.15, 0.2) is 0 Å². The smallest absolute Gasteiger partial charge is 0.0672 e. The Hall–Kier alpha value is -0.0800. The van der Waals surface area contributed by atoms with Crippen molar-refractivity contribution in [3.63, 3.8) is 0 Å². The van der Waals surface area contributed by atoms with E-state index in [1.807, 2.05) is 0 Å². The van der Waals surface area contributed by atoms with Crippen LogP contribution in [0, 0.1) is 5.92 Å². The highest BCUT2D eigenvalue weighted by molar-refractivity contribution is 4.71. The minimum absolute atomic E-state index is 0.236. The molecule has 72 valence electrons. The number of hydrogen-bond donors (Lipinski definition) is 1. The van der Waals surface area contributed by atoms with Gasteiger partial charge < -0.3 is 10.5 Å². The van der Waals surface area contributed by atoms with Crippen molar-refractivity contribution in [1.29, 1.82) is 0 Å². The van der Waals surface area contributed by atoms with Gasteiger partial charge in [-0.2, -0.15) is 0 Å². The molecule has 0 aromatic carbocycles. The standard InChI is InChI=1S/C10H21NO/c1-8-4-3-5-10(6-8)12-9(2)7-11/h8-10H,3-7,11H2,1-2H3. The molecule has 3 atom stereocenters. The molecule has 0 saturated heterocycles. The van der Waals surface area contributed by atoms with Gasteiger partial charge in [0.25, 0.3) is 0 Å². The predicted octanol–water partition coefficient (Wildman–Crippen LogP) is 1.93. The molecule has 12 heavy (non-hydrogen) atoms. The maximum Gasteiger partial charge on any atom is 0.0672 e. The van der Waals surface area contributed by atoms with Gasteiger partial charge in [0.1, 0.15) is 0 Å². The molecule has 2 N–H and O–H groups in total. The van der Waals surface area contributed by atoms with Crippen molar-refractivity contribution in [2.75, 3.05) is 6.54 Å². The first-order valence-electron chi connectivity index (χ1n) is 5.08. The molecule has 0 aliphatic heterocycles. The molecule has 0 radical (unpaired) electrons. The second-order valence-corrected chi connectivity index (χ2v) is 4.08. The normalized spacial score (nSPS) is 33.2. The van der Waals surface area contributed by atoms with Crippen LogP contribution in [0.4, 0.5) is 0 Å². The molecule has 3 unspecified atom stereocenters. The van der Waals surface area contributed by atoms with Gasteiger partial charge in [-0.1, -0.05) is 19.8 Å². The first-order valence-corrected chi connectivity index (χ1v) is 5.08. The van der Waals surface area contributed by atoms with Crippen LogP contribution in [0.25, 0.3) is 0 Å². The Balaban J connectivity index is 2.22. The molecule has 0 heterocycles. The van der Waals surface area contributed by atoms with E-state index in [1.54, 1.807) is 0 Å². The topological polar surface area (TPSA) is 35.2 Å². The third-order valence-electron chi connectivity index (χ3n) is 2.64. The Morgan fingerprint density at radius 3 is 2.83 bits per heavy atom. The Morgan fingerprint density at radius 1 is 1.50 bits per heavy atom. The molecule has 0 aromatic heterocycles. The highest BCUT2D eigenvalue weighted by atomic mass is 16.5. The SMILES string of the molecule is CC1CCCC(OC(C)CN)C1. The summed E-state index contributed by atoms with van der Waals surface area (Å²) in [6.07, 6.45) is 5.87. The summed E-state index contributed by atoms with van der Waals surface area (Å²) < 4.78 is 5.79. The molecule has 0 aromatic rings. The second kappa shape index (κ2) is 4.83. The van der Waals surface area contributed by atoms with Crippen molar-refractivity contribution in [1.82, 2.24) is 0 Å². The highest BCUT2D eigenvalue weighted by Crippen LogP contribution is 2.26. The zero-order valence-electron chi connectivity index (χ0n) is 8.25. The summed E-state index contributed by atoms with van der Waals surface area (Å²) in [6, 6.07) is 0. The fraction of sp³-hybridized carbons (Fsp3) is 1.00. The lowest BCUT2D eigenvalue weighted by Crippen LogP contribution is -2.29. The van der Waals surface area contributed by atoms with E-state index in [1.165, 1.54) is 25.7 Å². The minimum atomic E-state index is 0.236. The van der Waals surface area contributed by atoms with Crippen LogP contribution in [0.5, 0.6) is 0 Å². The molecule has 1 saturated carbocycles. The van der Waals surface area contributed by atoms with Crippen molar-refractivity contribution in [2.45, 2.75) is 51.7 Å². The third-order valence-corrected chi connectivity index (χ3v) is 2.64. The van der Waals surface area contributed by atoms with Gasteiger partial charge in [0.05, 0.1) is 12.2 Å². The molecule has 0 bridgehead atoms. The maximum atomic E-state index is 5.79. The molecule has 0 spiro atoms. The number of nitrogens with two attached hydrogens (primary N) is 1. The molecule has 2 heteroatoms. The summed E-state index contributed by atoms with van der Waals surface area (Å²) >= 11 is 0. The van der Waals surface area contributed by atoms with Gasteiger partial charge in [-0.15, -0.1) is 0 Å². The lowest BCUT2D eigenvalue weighted by molar-refractivity contribution is -0.0259. The Labute approximate surface area is 75.5 Å². The van der Waals surface area contributed by atoms with Gasteiger partial charge in [-0.05, 0) is 25.7 Å². The average Bonchev–Trinajstić information content (AvgIpc) is 2.04. The van der Waals surface area contributed by atoms with Gasteiger partial charge in [0.2, 0.25) is 0 Å². The molecule has 1 rings (SSSR count). The monoisotopic (exact) mass is 171 g/mol. The zero-order chi connectivity index (χ0) is 8.97. The van der Waals surface area contributed by atoms with E-state index in [2.05, 4.69) is 13.8 Å². The summed E-state index contributed by atoms with van der Waals surface area (Å²) in [7, 11) is 0. The van der Waals surface area contributed by atoms with Crippen molar-refractivity contribution in [2.24, 2.45) is 11.7 Å². The van der Waals surface area contributed by atoms with E-state index in [0.29, 0.717) is 12.6 Å². The number of hydrogen-bond acceptors (Lipinski definition) is 2. The first-order chi connectivity index (χ1) is 5.72. The largest absolute Gasteiger partial charge is 0.374 e. The van der Waals surface area contributed by atoms with Gasteiger partial charge in [0, 0.05) is 6.54 Å². The van der Waals surface area contributed by atoms with Crippen LogP contribution < -0.4 is 5.73 Å². The lowest BCUT2D eigenvalue weighted by Gasteiger charge is -2.28. The van der Waals surface area contributed by atoms with E-state index in [0.717, 1.165) is 5.92 Å². The van der Waals surface area contributed by atoms with E-state index in [9.17, 15) is 0 Å². The van der Waals surface area contributed by atoms with Crippen molar-refractivity contribution < 1.29 is 4.74 Å². The first kappa shape index (κ1) is 10.0. The van der Waals surface area contributed by atoms with Gasteiger partial charge in [-0.25, -0.2) is 0 Å². The average molecular weight is 171 g/mol. The summed E-state index contributed by atoms with van der Waals surface area (Å²) in [5.74, 6) is 0.841. The highest BCUT2D eigenvalue weighted by Gasteiger charge is 2.20. The zero-order valence-corrected chi connectivity index (χ0v) is 8.25. The van der Waals surface area contributed by atoms with Crippen LogP contribution >= 0.6 is 0 Å². The Morgan fingerprint density at radius 2 is 2.25 bits per heavy atom. The fourth-order valence-corrected chi connectivity index (χ4v) is 1.89. The molecule has 1 aliphatic carbocycles. The molecule has 0 amide bonds. The van der Waals surface area contributed by atoms with E-state index < -0.39 is 0 Å². The molecule has 1 aliphatic rings. The van der Waals surface area contributed by atoms with E-state index >= 15 is 0 Å². The van der Waals surface area contributed by atoms with Crippen LogP contribution in [-0.4, -0.2) is 18.8 Å². The number of rotatable bonds is 3. The second-order valence-electron chi connectivity index (χ2n) is 4.08.